The summed E-state index contributed by atoms with van der Waals surface area (Å²) in [6, 6.07) is 0. The predicted octanol–water partition coefficient (Wildman–Crippen LogP) is 5.24. The fraction of sp³-hybridized carbons (Fsp3) is 0.647. The third kappa shape index (κ3) is 2.73. The van der Waals surface area contributed by atoms with Crippen LogP contribution in [0.25, 0.3) is 0 Å². The van der Waals surface area contributed by atoms with Crippen LogP contribution in [0.15, 0.2) is 0 Å². The molecule has 1 rings (SSSR count). The van der Waals surface area contributed by atoms with Gasteiger partial charge in [0.25, 0.3) is 0 Å². The Morgan fingerprint density at radius 3 is 1.41 bits per heavy atom. The highest BCUT2D eigenvalue weighted by atomic mass is 14.2. The van der Waals surface area contributed by atoms with Crippen LogP contribution in [0, 0.1) is 33.6 Å². The molecule has 0 aliphatic carbocycles. The molecule has 0 spiro atoms. The Kier molecular flexibility index (Phi) is 4.41. The van der Waals surface area contributed by atoms with Crippen molar-refractivity contribution in [3.8, 4) is 0 Å². The lowest BCUT2D eigenvalue weighted by Crippen LogP contribution is -2.08. The second kappa shape index (κ2) is 5.25. The Labute approximate surface area is 107 Å². The molecule has 0 radical (unpaired) electrons. The van der Waals surface area contributed by atoms with Gasteiger partial charge in [0.05, 0.1) is 0 Å². The van der Waals surface area contributed by atoms with Crippen molar-refractivity contribution in [1.29, 1.82) is 0 Å². The molecular formula is C17H28. The molecule has 1 aromatic carbocycles. The van der Waals surface area contributed by atoms with Crippen molar-refractivity contribution in [3.63, 3.8) is 0 Å². The highest BCUT2D eigenvalue weighted by Gasteiger charge is 2.16. The van der Waals surface area contributed by atoms with Gasteiger partial charge in [-0.1, -0.05) is 27.7 Å². The van der Waals surface area contributed by atoms with Gasteiger partial charge in [-0.2, -0.15) is 0 Å². The van der Waals surface area contributed by atoms with Crippen LogP contribution in [-0.4, -0.2) is 0 Å². The molecule has 0 atom stereocenters. The summed E-state index contributed by atoms with van der Waals surface area (Å²) < 4.78 is 0. The first-order valence-electron chi connectivity index (χ1n) is 6.86. The van der Waals surface area contributed by atoms with Crippen LogP contribution in [-0.2, 0) is 6.42 Å². The van der Waals surface area contributed by atoms with Crippen LogP contribution in [0.4, 0.5) is 0 Å². The first kappa shape index (κ1) is 14.3. The van der Waals surface area contributed by atoms with E-state index < -0.39 is 0 Å². The number of rotatable bonds is 3. The molecule has 0 N–H and O–H groups in total. The van der Waals surface area contributed by atoms with Gasteiger partial charge >= 0.3 is 0 Å². The zero-order valence-corrected chi connectivity index (χ0v) is 12.9. The van der Waals surface area contributed by atoms with Crippen molar-refractivity contribution in [2.45, 2.75) is 67.7 Å². The predicted molar refractivity (Wildman–Crippen MR) is 78.0 cm³/mol. The van der Waals surface area contributed by atoms with Crippen LogP contribution >= 0.6 is 0 Å². The Hall–Kier alpha value is -0.780. The third-order valence-corrected chi connectivity index (χ3v) is 4.03. The highest BCUT2D eigenvalue weighted by Crippen LogP contribution is 2.32. The van der Waals surface area contributed by atoms with Crippen molar-refractivity contribution >= 4 is 0 Å². The van der Waals surface area contributed by atoms with Gasteiger partial charge < -0.3 is 0 Å². The van der Waals surface area contributed by atoms with Crippen molar-refractivity contribution in [2.24, 2.45) is 5.92 Å². The summed E-state index contributed by atoms with van der Waals surface area (Å²) in [5, 5.41) is 0. The molecule has 0 nitrogen and oxygen atoms in total. The molecule has 0 fully saturated rings. The van der Waals surface area contributed by atoms with Crippen molar-refractivity contribution in [2.75, 3.05) is 0 Å². The molecule has 0 unspecified atom stereocenters. The molecule has 0 bridgehead atoms. The summed E-state index contributed by atoms with van der Waals surface area (Å²) >= 11 is 0. The van der Waals surface area contributed by atoms with Gasteiger partial charge in [0, 0.05) is 0 Å². The van der Waals surface area contributed by atoms with Crippen LogP contribution < -0.4 is 0 Å². The molecule has 0 aromatic heterocycles. The normalized spacial score (nSPS) is 11.6. The maximum Gasteiger partial charge on any atom is -0.0213 e. The molecular weight excluding hydrogens is 204 g/mol. The number of hydrogen-bond acceptors (Lipinski definition) is 0. The highest BCUT2D eigenvalue weighted by molar-refractivity contribution is 5.51. The Bertz CT molecular complexity index is 380. The van der Waals surface area contributed by atoms with Crippen LogP contribution in [0.5, 0.6) is 0 Å². The molecule has 96 valence electrons. The summed E-state index contributed by atoms with van der Waals surface area (Å²) in [4.78, 5) is 0. The minimum absolute atomic E-state index is 0.625. The average molecular weight is 232 g/mol. The van der Waals surface area contributed by atoms with E-state index in [9.17, 15) is 0 Å². The van der Waals surface area contributed by atoms with E-state index in [1.54, 1.807) is 11.1 Å². The zero-order chi connectivity index (χ0) is 13.3. The first-order chi connectivity index (χ1) is 7.77. The summed E-state index contributed by atoms with van der Waals surface area (Å²) in [7, 11) is 0. The molecule has 1 aromatic rings. The van der Waals surface area contributed by atoms with Gasteiger partial charge in [0.15, 0.2) is 0 Å². The topological polar surface area (TPSA) is 0 Å². The van der Waals surface area contributed by atoms with E-state index in [0.717, 1.165) is 5.92 Å². The van der Waals surface area contributed by atoms with Crippen molar-refractivity contribution < 1.29 is 0 Å². The second-order valence-corrected chi connectivity index (χ2v) is 6.14. The lowest BCUT2D eigenvalue weighted by molar-refractivity contribution is 0.640. The van der Waals surface area contributed by atoms with Gasteiger partial charge in [0.1, 0.15) is 0 Å². The Balaban J connectivity index is 3.47. The molecule has 0 aliphatic rings. The Morgan fingerprint density at radius 1 is 0.706 bits per heavy atom. The van der Waals surface area contributed by atoms with Crippen LogP contribution in [0.3, 0.4) is 0 Å². The van der Waals surface area contributed by atoms with Crippen molar-refractivity contribution in [3.05, 3.63) is 33.4 Å². The zero-order valence-electron chi connectivity index (χ0n) is 12.9. The van der Waals surface area contributed by atoms with Crippen LogP contribution in [0.1, 0.15) is 67.0 Å². The van der Waals surface area contributed by atoms with Crippen LogP contribution in [0.2, 0.25) is 0 Å². The number of hydrogen-bond donors (Lipinski definition) is 0. The maximum absolute atomic E-state index is 2.31. The van der Waals surface area contributed by atoms with E-state index in [0.29, 0.717) is 5.92 Å². The third-order valence-electron chi connectivity index (χ3n) is 4.03. The van der Waals surface area contributed by atoms with E-state index >= 15 is 0 Å². The molecule has 17 heavy (non-hydrogen) atoms. The van der Waals surface area contributed by atoms with E-state index in [4.69, 9.17) is 0 Å². The minimum Gasteiger partial charge on any atom is -0.0625 e. The lowest BCUT2D eigenvalue weighted by Gasteiger charge is -2.23. The fourth-order valence-electron chi connectivity index (χ4n) is 3.00. The lowest BCUT2D eigenvalue weighted by atomic mass is 9.82. The van der Waals surface area contributed by atoms with Crippen molar-refractivity contribution in [1.82, 2.24) is 0 Å². The van der Waals surface area contributed by atoms with Gasteiger partial charge in [-0.15, -0.1) is 0 Å². The van der Waals surface area contributed by atoms with Gasteiger partial charge in [-0.25, -0.2) is 0 Å². The largest absolute Gasteiger partial charge is 0.0625 e. The molecule has 0 heterocycles. The molecule has 0 saturated carbocycles. The Morgan fingerprint density at radius 2 is 1.12 bits per heavy atom. The molecule has 0 saturated heterocycles. The van der Waals surface area contributed by atoms with Gasteiger partial charge in [-0.3, -0.25) is 0 Å². The quantitative estimate of drug-likeness (QED) is 0.668. The number of benzene rings is 1. The monoisotopic (exact) mass is 232 g/mol. The second-order valence-electron chi connectivity index (χ2n) is 6.14. The smallest absolute Gasteiger partial charge is 0.0213 e. The fourth-order valence-corrected chi connectivity index (χ4v) is 3.00. The molecule has 0 heteroatoms. The summed E-state index contributed by atoms with van der Waals surface area (Å²) in [6.45, 7) is 18.4. The summed E-state index contributed by atoms with van der Waals surface area (Å²) in [5.41, 5.74) is 9.21. The average Bonchev–Trinajstić information content (AvgIpc) is 2.21. The molecule has 0 amide bonds. The van der Waals surface area contributed by atoms with E-state index in [1.807, 2.05) is 0 Å². The minimum atomic E-state index is 0.625. The van der Waals surface area contributed by atoms with E-state index in [1.165, 1.54) is 28.7 Å². The maximum atomic E-state index is 2.31. The first-order valence-corrected chi connectivity index (χ1v) is 6.86. The standard InChI is InChI=1S/C17H28/c1-10(2)9-16-12(5)14(7)17(11(3)4)15(8)13(16)6/h10-11H,9H2,1-8H3. The summed E-state index contributed by atoms with van der Waals surface area (Å²) in [5.74, 6) is 1.36. The SMILES string of the molecule is Cc1c(C)c(C(C)C)c(C)c(C)c1CC(C)C. The molecule has 0 aliphatic heterocycles. The van der Waals surface area contributed by atoms with E-state index in [-0.39, 0.29) is 0 Å². The van der Waals surface area contributed by atoms with E-state index in [2.05, 4.69) is 55.4 Å². The van der Waals surface area contributed by atoms with Gasteiger partial charge in [-0.05, 0) is 79.3 Å². The summed E-state index contributed by atoms with van der Waals surface area (Å²) in [6.07, 6.45) is 1.21. The van der Waals surface area contributed by atoms with Gasteiger partial charge in [0.2, 0.25) is 0 Å².